The molecule has 0 aliphatic carbocycles. The molecule has 0 aliphatic rings. The molecule has 0 aliphatic heterocycles. The van der Waals surface area contributed by atoms with E-state index in [0.29, 0.717) is 5.69 Å². The number of nitrogen functional groups attached to an aromatic ring is 1. The Morgan fingerprint density at radius 3 is 2.29 bits per heavy atom. The van der Waals surface area contributed by atoms with E-state index in [4.69, 9.17) is 10.5 Å². The van der Waals surface area contributed by atoms with E-state index in [2.05, 4.69) is 0 Å². The summed E-state index contributed by atoms with van der Waals surface area (Å²) in [7, 11) is 1.72. The van der Waals surface area contributed by atoms with Gasteiger partial charge in [-0.2, -0.15) is 0 Å². The van der Waals surface area contributed by atoms with Crippen LogP contribution in [0.3, 0.4) is 0 Å². The lowest BCUT2D eigenvalue weighted by atomic mass is 10.2. The quantitative estimate of drug-likeness (QED) is 0.817. The van der Waals surface area contributed by atoms with Gasteiger partial charge in [0.15, 0.2) is 0 Å². The van der Waals surface area contributed by atoms with Gasteiger partial charge in [0.25, 0.3) is 5.91 Å². The van der Waals surface area contributed by atoms with Crippen LogP contribution in [-0.4, -0.2) is 25.2 Å². The number of carbonyl (C=O) groups is 1. The molecule has 1 amide bonds. The van der Waals surface area contributed by atoms with E-state index >= 15 is 0 Å². The smallest absolute Gasteiger partial charge is 0.252 e. The van der Waals surface area contributed by atoms with Crippen molar-refractivity contribution in [3.63, 3.8) is 0 Å². The minimum absolute atomic E-state index is 0.0738. The van der Waals surface area contributed by atoms with Gasteiger partial charge in [-0.25, -0.2) is 0 Å². The molecule has 4 nitrogen and oxygen atoms in total. The van der Waals surface area contributed by atoms with Crippen LogP contribution in [0.1, 0.15) is 20.8 Å². The van der Waals surface area contributed by atoms with Crippen molar-refractivity contribution in [2.24, 2.45) is 0 Å². The summed E-state index contributed by atoms with van der Waals surface area (Å²) in [4.78, 5) is 13.4. The highest BCUT2D eigenvalue weighted by atomic mass is 16.5. The first kappa shape index (κ1) is 13.5. The Kier molecular flexibility index (Phi) is 4.12. The summed E-state index contributed by atoms with van der Waals surface area (Å²) in [5, 5.41) is 0. The lowest BCUT2D eigenvalue weighted by molar-refractivity contribution is -0.127. The highest BCUT2D eigenvalue weighted by molar-refractivity contribution is 5.93. The van der Waals surface area contributed by atoms with Crippen molar-refractivity contribution in [2.75, 3.05) is 24.3 Å². The summed E-state index contributed by atoms with van der Waals surface area (Å²) in [6, 6.07) is 7.15. The maximum absolute atomic E-state index is 11.8. The summed E-state index contributed by atoms with van der Waals surface area (Å²) in [5.41, 5.74) is 6.77. The molecule has 0 saturated carbocycles. The molecule has 0 radical (unpaired) electrons. The number of nitrogens with zero attached hydrogens (tertiary/aromatic N) is 1. The molecule has 1 aromatic rings. The number of likely N-dealkylation sites (N-methyl/N-ethyl adjacent to an activating group) is 1. The minimum atomic E-state index is -0.308. The zero-order valence-corrected chi connectivity index (χ0v) is 10.9. The van der Waals surface area contributed by atoms with Gasteiger partial charge in [-0.3, -0.25) is 4.79 Å². The highest BCUT2D eigenvalue weighted by Crippen LogP contribution is 2.15. The second-order valence-electron chi connectivity index (χ2n) is 4.95. The molecule has 0 heterocycles. The molecule has 0 atom stereocenters. The van der Waals surface area contributed by atoms with Crippen molar-refractivity contribution in [1.29, 1.82) is 0 Å². The van der Waals surface area contributed by atoms with E-state index in [1.807, 2.05) is 32.9 Å². The zero-order valence-electron chi connectivity index (χ0n) is 10.9. The topological polar surface area (TPSA) is 55.6 Å². The molecule has 17 heavy (non-hydrogen) atoms. The largest absolute Gasteiger partial charge is 0.399 e. The van der Waals surface area contributed by atoms with Crippen molar-refractivity contribution >= 4 is 17.3 Å². The van der Waals surface area contributed by atoms with E-state index in [0.717, 1.165) is 5.69 Å². The number of rotatable bonds is 3. The summed E-state index contributed by atoms with van der Waals surface area (Å²) >= 11 is 0. The van der Waals surface area contributed by atoms with E-state index in [1.54, 1.807) is 24.1 Å². The third-order valence-electron chi connectivity index (χ3n) is 2.28. The molecule has 0 spiro atoms. The van der Waals surface area contributed by atoms with Gasteiger partial charge in [-0.1, -0.05) is 0 Å². The zero-order chi connectivity index (χ0) is 13.1. The Labute approximate surface area is 102 Å². The van der Waals surface area contributed by atoms with Crippen molar-refractivity contribution in [3.8, 4) is 0 Å². The van der Waals surface area contributed by atoms with E-state index in [1.165, 1.54) is 0 Å². The van der Waals surface area contributed by atoms with Crippen LogP contribution < -0.4 is 10.6 Å². The fraction of sp³-hybridized carbons (Fsp3) is 0.462. The first-order chi connectivity index (χ1) is 7.79. The third kappa shape index (κ3) is 4.44. The second kappa shape index (κ2) is 5.19. The lowest BCUT2D eigenvalue weighted by Crippen LogP contribution is -2.33. The molecule has 0 unspecified atom stereocenters. The molecule has 2 N–H and O–H groups in total. The van der Waals surface area contributed by atoms with E-state index in [-0.39, 0.29) is 18.1 Å². The molecule has 94 valence electrons. The number of nitrogens with two attached hydrogens (primary N) is 1. The van der Waals surface area contributed by atoms with Crippen LogP contribution in [0.5, 0.6) is 0 Å². The number of ether oxygens (including phenoxy) is 1. The standard InChI is InChI=1S/C13H20N2O2/c1-13(2,3)17-9-12(16)15(4)11-7-5-10(14)6-8-11/h5-8H,9,14H2,1-4H3. The number of hydrogen-bond donors (Lipinski definition) is 1. The van der Waals surface area contributed by atoms with Crippen LogP contribution in [0.4, 0.5) is 11.4 Å². The summed E-state index contributed by atoms with van der Waals surface area (Å²) in [5.74, 6) is -0.0790. The van der Waals surface area contributed by atoms with Crippen LogP contribution in [-0.2, 0) is 9.53 Å². The number of hydrogen-bond acceptors (Lipinski definition) is 3. The first-order valence-corrected chi connectivity index (χ1v) is 5.55. The number of carbonyl (C=O) groups excluding carboxylic acids is 1. The fourth-order valence-electron chi connectivity index (χ4n) is 1.22. The van der Waals surface area contributed by atoms with Crippen molar-refractivity contribution in [3.05, 3.63) is 24.3 Å². The van der Waals surface area contributed by atoms with Gasteiger partial charge < -0.3 is 15.4 Å². The predicted molar refractivity (Wildman–Crippen MR) is 70.0 cm³/mol. The van der Waals surface area contributed by atoms with Crippen molar-refractivity contribution in [2.45, 2.75) is 26.4 Å². The van der Waals surface area contributed by atoms with Gasteiger partial charge in [0, 0.05) is 18.4 Å². The summed E-state index contributed by atoms with van der Waals surface area (Å²) in [6.07, 6.45) is 0. The second-order valence-corrected chi connectivity index (χ2v) is 4.95. The van der Waals surface area contributed by atoms with Gasteiger partial charge in [0.2, 0.25) is 0 Å². The van der Waals surface area contributed by atoms with Crippen LogP contribution in [0, 0.1) is 0 Å². The van der Waals surface area contributed by atoms with Crippen LogP contribution >= 0.6 is 0 Å². The van der Waals surface area contributed by atoms with Crippen LogP contribution in [0.2, 0.25) is 0 Å². The fourth-order valence-corrected chi connectivity index (χ4v) is 1.22. The number of amides is 1. The minimum Gasteiger partial charge on any atom is -0.399 e. The Morgan fingerprint density at radius 1 is 1.29 bits per heavy atom. The molecule has 1 rings (SSSR count). The Bertz CT molecular complexity index is 379. The molecule has 0 saturated heterocycles. The maximum Gasteiger partial charge on any atom is 0.252 e. The first-order valence-electron chi connectivity index (χ1n) is 5.55. The van der Waals surface area contributed by atoms with E-state index in [9.17, 15) is 4.79 Å². The average Bonchev–Trinajstić information content (AvgIpc) is 2.25. The van der Waals surface area contributed by atoms with Gasteiger partial charge in [-0.05, 0) is 45.0 Å². The Balaban J connectivity index is 2.61. The molecule has 4 heteroatoms. The molecule has 0 aromatic heterocycles. The molecule has 0 fully saturated rings. The van der Waals surface area contributed by atoms with Crippen molar-refractivity contribution in [1.82, 2.24) is 0 Å². The summed E-state index contributed by atoms with van der Waals surface area (Å²) in [6.45, 7) is 5.83. The van der Waals surface area contributed by atoms with Crippen LogP contribution in [0.25, 0.3) is 0 Å². The number of benzene rings is 1. The monoisotopic (exact) mass is 236 g/mol. The average molecular weight is 236 g/mol. The molecular formula is C13H20N2O2. The number of anilines is 2. The third-order valence-corrected chi connectivity index (χ3v) is 2.28. The summed E-state index contributed by atoms with van der Waals surface area (Å²) < 4.78 is 5.44. The SMILES string of the molecule is CN(C(=O)COC(C)(C)C)c1ccc(N)cc1. The highest BCUT2D eigenvalue weighted by Gasteiger charge is 2.16. The lowest BCUT2D eigenvalue weighted by Gasteiger charge is -2.22. The normalized spacial score (nSPS) is 11.3. The Hall–Kier alpha value is -1.55. The molecule has 1 aromatic carbocycles. The van der Waals surface area contributed by atoms with Gasteiger partial charge in [-0.15, -0.1) is 0 Å². The van der Waals surface area contributed by atoms with Gasteiger partial charge >= 0.3 is 0 Å². The van der Waals surface area contributed by atoms with Gasteiger partial charge in [0.1, 0.15) is 6.61 Å². The van der Waals surface area contributed by atoms with Gasteiger partial charge in [0.05, 0.1) is 5.60 Å². The maximum atomic E-state index is 11.8. The predicted octanol–water partition coefficient (Wildman–Crippen LogP) is 2.05. The van der Waals surface area contributed by atoms with Crippen molar-refractivity contribution < 1.29 is 9.53 Å². The van der Waals surface area contributed by atoms with E-state index < -0.39 is 0 Å². The van der Waals surface area contributed by atoms with Crippen LogP contribution in [0.15, 0.2) is 24.3 Å². The Morgan fingerprint density at radius 2 is 1.82 bits per heavy atom. The molecule has 0 bridgehead atoms. The molecular weight excluding hydrogens is 216 g/mol.